The third-order valence-corrected chi connectivity index (χ3v) is 17.3. The number of halogens is 1. The average Bonchev–Trinajstić information content (AvgIpc) is 4.27. The maximum absolute atomic E-state index is 12.4. The van der Waals surface area contributed by atoms with E-state index in [4.69, 9.17) is 32.8 Å². The van der Waals surface area contributed by atoms with Gasteiger partial charge in [-0.25, -0.2) is 9.48 Å². The van der Waals surface area contributed by atoms with Gasteiger partial charge in [0, 0.05) is 86.8 Å². The summed E-state index contributed by atoms with van der Waals surface area (Å²) >= 11 is 0. The quantitative estimate of drug-likeness (QED) is 0.0643. The molecule has 1 aromatic heterocycles. The molecule has 0 spiro atoms. The number of ketones is 1. The minimum absolute atomic E-state index is 0. The number of nitrogens with one attached hydrogen (secondary N) is 4. The van der Waals surface area contributed by atoms with Gasteiger partial charge in [0.2, 0.25) is 5.96 Å². The monoisotopic (exact) mass is 1040 g/mol. The molecule has 7 atom stereocenters. The van der Waals surface area contributed by atoms with Crippen molar-refractivity contribution in [3.63, 3.8) is 0 Å². The first-order valence-corrected chi connectivity index (χ1v) is 27.1. The molecule has 0 radical (unpaired) electrons. The Labute approximate surface area is 444 Å². The molecule has 408 valence electrons. The van der Waals surface area contributed by atoms with E-state index in [1.807, 2.05) is 32.9 Å². The number of Topliss-reactive ketones (excluding diaryl/α,β-unsaturated/α-hetero) is 1. The van der Waals surface area contributed by atoms with Crippen LogP contribution in [0.1, 0.15) is 138 Å². The topological polar surface area (TPSA) is 278 Å². The number of ether oxygens (including phenoxy) is 1. The summed E-state index contributed by atoms with van der Waals surface area (Å²) in [5.74, 6) is 2.38. The number of aliphatic hydroxyl groups is 2. The predicted molar refractivity (Wildman–Crippen MR) is 291 cm³/mol. The number of aromatic hydroxyl groups is 1. The normalized spacial score (nSPS) is 29.5. The van der Waals surface area contributed by atoms with Crippen molar-refractivity contribution in [2.45, 2.75) is 176 Å². The zero-order valence-electron chi connectivity index (χ0n) is 44.3. The zero-order chi connectivity index (χ0) is 52.3. The second kappa shape index (κ2) is 23.3. The number of amidine groups is 1. The molecule has 4 saturated carbocycles. The Balaban J connectivity index is 0.000000161. The van der Waals surface area contributed by atoms with Crippen LogP contribution in [0.15, 0.2) is 54.9 Å². The van der Waals surface area contributed by atoms with Gasteiger partial charge in [0.25, 0.3) is 0 Å². The van der Waals surface area contributed by atoms with Crippen molar-refractivity contribution in [2.75, 3.05) is 45.8 Å². The molecular weight excluding hydrogens is 958 g/mol. The van der Waals surface area contributed by atoms with E-state index in [1.165, 1.54) is 58.2 Å². The van der Waals surface area contributed by atoms with E-state index in [1.54, 1.807) is 18.5 Å². The van der Waals surface area contributed by atoms with Crippen molar-refractivity contribution >= 4 is 36.1 Å². The van der Waals surface area contributed by atoms with Gasteiger partial charge in [-0.1, -0.05) is 29.8 Å². The Morgan fingerprint density at radius 2 is 1.47 bits per heavy atom. The highest BCUT2D eigenvalue weighted by Crippen LogP contribution is 2.60. The Hall–Kier alpha value is -4.62. The molecule has 8 aliphatic rings. The number of phenolic OH excluding ortho intramolecular Hbond substituents is 1. The van der Waals surface area contributed by atoms with Crippen LogP contribution in [-0.4, -0.2) is 139 Å². The molecule has 0 unspecified atom stereocenters. The first kappa shape index (κ1) is 57.1. The van der Waals surface area contributed by atoms with Crippen molar-refractivity contribution in [1.29, 1.82) is 10.8 Å². The summed E-state index contributed by atoms with van der Waals surface area (Å²) in [5, 5.41) is 58.6. The number of alkyl carbamates (subject to hydrolysis) is 1. The third kappa shape index (κ3) is 12.5. The van der Waals surface area contributed by atoms with Crippen molar-refractivity contribution in [1.82, 2.24) is 30.2 Å². The van der Waals surface area contributed by atoms with Gasteiger partial charge < -0.3 is 47.9 Å². The number of hydrogen-bond donors (Lipinski definition) is 10. The fourth-order valence-electron chi connectivity index (χ4n) is 13.5. The Morgan fingerprint density at radius 1 is 0.865 bits per heavy atom. The Kier molecular flexibility index (Phi) is 18.0. The molecule has 6 aliphatic carbocycles. The van der Waals surface area contributed by atoms with E-state index in [9.17, 15) is 24.9 Å². The SMILES string of the molecule is CC(C)(C)OC(=O)NCCN.Cc1ccc2c(c1)[C@@]13CCC(=O)C[C@@]1(O)[C@@H](C2)N(CC1CC1)CC3.Cl.N=C(N)CCCN[C@H]1CC[C@]23CCN(CC4CC4)[C@H](Cc4ccc(O)cc42)[C@]3(O)C1.N=C(N)n1cccn1. The van der Waals surface area contributed by atoms with Crippen LogP contribution in [0, 0.1) is 29.6 Å². The first-order chi connectivity index (χ1) is 34.7. The molecule has 18 heteroatoms. The number of phenols is 1. The van der Waals surface area contributed by atoms with Crippen LogP contribution >= 0.6 is 12.4 Å². The number of rotatable bonds is 11. The number of nitrogen functional groups attached to an aromatic ring is 1. The van der Waals surface area contributed by atoms with Crippen LogP contribution in [0.4, 0.5) is 4.79 Å². The fraction of sp³-hybridized carbons (Fsp3) is 0.661. The average molecular weight is 1040 g/mol. The fourth-order valence-corrected chi connectivity index (χ4v) is 13.5. The van der Waals surface area contributed by atoms with E-state index < -0.39 is 22.9 Å². The van der Waals surface area contributed by atoms with Crippen LogP contribution in [0.2, 0.25) is 0 Å². The summed E-state index contributed by atoms with van der Waals surface area (Å²) < 4.78 is 6.21. The molecule has 3 aromatic rings. The highest BCUT2D eigenvalue weighted by atomic mass is 35.5. The van der Waals surface area contributed by atoms with Crippen LogP contribution in [-0.2, 0) is 33.2 Å². The summed E-state index contributed by atoms with van der Waals surface area (Å²) in [6.07, 6.45) is 17.9. The lowest BCUT2D eigenvalue weighted by Crippen LogP contribution is -2.74. The number of aromatic nitrogens is 2. The van der Waals surface area contributed by atoms with Crippen LogP contribution < -0.4 is 27.8 Å². The van der Waals surface area contributed by atoms with Gasteiger partial charge in [0.1, 0.15) is 17.1 Å². The second-order valence-corrected chi connectivity index (χ2v) is 23.6. The molecule has 11 rings (SSSR count). The van der Waals surface area contributed by atoms with E-state index in [0.717, 1.165) is 102 Å². The molecule has 4 bridgehead atoms. The van der Waals surface area contributed by atoms with Gasteiger partial charge in [-0.3, -0.25) is 25.4 Å². The van der Waals surface area contributed by atoms with Crippen LogP contribution in [0.25, 0.3) is 0 Å². The number of hydrogen-bond acceptors (Lipinski definition) is 13. The highest BCUT2D eigenvalue weighted by molar-refractivity contribution is 5.85. The summed E-state index contributed by atoms with van der Waals surface area (Å²) in [7, 11) is 0. The first-order valence-electron chi connectivity index (χ1n) is 27.1. The molecule has 6 fully saturated rings. The maximum atomic E-state index is 12.4. The van der Waals surface area contributed by atoms with Crippen LogP contribution in [0.5, 0.6) is 5.75 Å². The summed E-state index contributed by atoms with van der Waals surface area (Å²) in [5.41, 5.74) is 19.7. The minimum Gasteiger partial charge on any atom is -0.508 e. The van der Waals surface area contributed by atoms with Gasteiger partial charge in [0.15, 0.2) is 0 Å². The highest BCUT2D eigenvalue weighted by Gasteiger charge is 2.66. The van der Waals surface area contributed by atoms with E-state index in [2.05, 4.69) is 56.7 Å². The van der Waals surface area contributed by atoms with Crippen LogP contribution in [0.3, 0.4) is 0 Å². The van der Waals surface area contributed by atoms with Gasteiger partial charge in [0.05, 0.1) is 17.0 Å². The van der Waals surface area contributed by atoms with Gasteiger partial charge in [-0.15, -0.1) is 12.4 Å². The Bertz CT molecular complexity index is 2450. The number of aryl methyl sites for hydroxylation is 1. The molecule has 1 amide bonds. The van der Waals surface area contributed by atoms with Crippen molar-refractivity contribution in [3.8, 4) is 5.75 Å². The van der Waals surface area contributed by atoms with Gasteiger partial charge in [-0.05, 0) is 183 Å². The van der Waals surface area contributed by atoms with E-state index in [-0.39, 0.29) is 58.9 Å². The lowest BCUT2D eigenvalue weighted by molar-refractivity contribution is -0.173. The zero-order valence-corrected chi connectivity index (χ0v) is 45.2. The molecule has 2 saturated heterocycles. The predicted octanol–water partition coefficient (Wildman–Crippen LogP) is 5.53. The maximum Gasteiger partial charge on any atom is 0.407 e. The number of nitrogens with two attached hydrogens (primary N) is 3. The largest absolute Gasteiger partial charge is 0.508 e. The number of piperidine rings is 2. The third-order valence-electron chi connectivity index (χ3n) is 17.3. The lowest BCUT2D eigenvalue weighted by Gasteiger charge is -2.65. The number of likely N-dealkylation sites (tertiary alicyclic amines) is 2. The Morgan fingerprint density at radius 3 is 2.03 bits per heavy atom. The smallest absolute Gasteiger partial charge is 0.407 e. The molecule has 2 aliphatic heterocycles. The number of carbonyl (C=O) groups is 2. The van der Waals surface area contributed by atoms with Gasteiger partial charge in [-0.2, -0.15) is 5.10 Å². The van der Waals surface area contributed by atoms with E-state index in [0.29, 0.717) is 38.1 Å². The van der Waals surface area contributed by atoms with Crippen molar-refractivity contribution < 1.29 is 29.6 Å². The number of nitrogens with zero attached hydrogens (tertiary/aromatic N) is 4. The molecule has 74 heavy (non-hydrogen) atoms. The lowest BCUT2D eigenvalue weighted by atomic mass is 9.49. The number of fused-ring (bicyclic) bond motifs is 2. The summed E-state index contributed by atoms with van der Waals surface area (Å²) in [6.45, 7) is 13.7. The number of carbonyl (C=O) groups excluding carboxylic acids is 2. The molecule has 2 aromatic carbocycles. The summed E-state index contributed by atoms with van der Waals surface area (Å²) in [4.78, 5) is 28.2. The molecule has 13 N–H and O–H groups in total. The summed E-state index contributed by atoms with van der Waals surface area (Å²) in [6, 6.07) is 14.9. The number of benzene rings is 2. The minimum atomic E-state index is -0.865. The van der Waals surface area contributed by atoms with E-state index >= 15 is 0 Å². The standard InChI is InChI=1S/C24H36N4O2.C21H27NO2.C7H16N2O2.C4H6N4.ClH/c25-22(26)2-1-10-27-18-7-8-23-9-11-28(15-16-3-4-16)21(24(23,30)14-18)12-17-5-6-19(29)13-20(17)23;1-14-2-5-16-11-19-21(24)12-17(23)6-7-20(21,18(16)10-14)8-9-22(19)13-15-3-4-15;1-7(2,3)11-6(10)9-5-4-8;5-4(6)8-3-1-2-7-8;/h5-6,13,16,18,21,27,29-30H,1-4,7-12,14-15H2,(H3,25,26);2,5,10,15,19,24H,3-4,6-9,11-13H2,1H3;4-5,8H2,1-3H3,(H,9,10);1-3H,(H3,5,6);1H/t18-,21+,23-,24+;19-,20+,21-;;;/m01.../s1. The molecule has 17 nitrogen and oxygen atoms in total. The number of amides is 1. The molecule has 3 heterocycles. The van der Waals surface area contributed by atoms with Crippen molar-refractivity contribution in [3.05, 3.63) is 82.7 Å². The second-order valence-electron chi connectivity index (χ2n) is 23.6. The van der Waals surface area contributed by atoms with Gasteiger partial charge >= 0.3 is 6.09 Å². The van der Waals surface area contributed by atoms with Crippen molar-refractivity contribution in [2.24, 2.45) is 29.0 Å². The molecular formula is C56H86ClN11O6.